The van der Waals surface area contributed by atoms with Gasteiger partial charge in [0.1, 0.15) is 28.6 Å². The predicted octanol–water partition coefficient (Wildman–Crippen LogP) is 4.09. The average Bonchev–Trinajstić information content (AvgIpc) is 2.60. The highest BCUT2D eigenvalue weighted by atomic mass is 16.5. The average molecular weight is 368 g/mol. The quantitative estimate of drug-likeness (QED) is 0.474. The number of hydrogen-bond donors (Lipinski definition) is 3. The number of fused-ring (bicyclic) bond motifs is 1. The van der Waals surface area contributed by atoms with Gasteiger partial charge in [0.15, 0.2) is 0 Å². The minimum atomic E-state index is -0.677. The minimum Gasteiger partial charge on any atom is -0.508 e. The van der Waals surface area contributed by atoms with E-state index in [0.29, 0.717) is 23.1 Å². The Morgan fingerprint density at radius 2 is 1.85 bits per heavy atom. The van der Waals surface area contributed by atoms with Crippen molar-refractivity contribution in [3.05, 3.63) is 58.0 Å². The molecule has 3 rings (SSSR count). The summed E-state index contributed by atoms with van der Waals surface area (Å²) in [6, 6.07) is 7.15. The first-order valence-electron chi connectivity index (χ1n) is 8.34. The Morgan fingerprint density at radius 3 is 2.52 bits per heavy atom. The summed E-state index contributed by atoms with van der Waals surface area (Å²) in [5.74, 6) is 0.00287. The van der Waals surface area contributed by atoms with Crippen molar-refractivity contribution in [3.63, 3.8) is 0 Å². The molecule has 0 unspecified atom stereocenters. The molecule has 0 saturated carbocycles. The third kappa shape index (κ3) is 3.46. The van der Waals surface area contributed by atoms with Crippen LogP contribution in [0.2, 0.25) is 0 Å². The fraction of sp³-hybridized carbons (Fsp3) is 0.190. The molecule has 0 aliphatic rings. The summed E-state index contributed by atoms with van der Waals surface area (Å²) in [6.07, 6.45) is 2.19. The summed E-state index contributed by atoms with van der Waals surface area (Å²) in [4.78, 5) is 12.5. The summed E-state index contributed by atoms with van der Waals surface area (Å²) in [5, 5.41) is 30.9. The molecule has 0 saturated heterocycles. The van der Waals surface area contributed by atoms with E-state index in [0.717, 1.165) is 5.57 Å². The Morgan fingerprint density at radius 1 is 1.11 bits per heavy atom. The van der Waals surface area contributed by atoms with Crippen molar-refractivity contribution in [2.45, 2.75) is 20.3 Å². The van der Waals surface area contributed by atoms with Crippen LogP contribution in [-0.2, 0) is 6.42 Å². The van der Waals surface area contributed by atoms with Gasteiger partial charge < -0.3 is 24.5 Å². The number of benzene rings is 2. The topological polar surface area (TPSA) is 100 Å². The van der Waals surface area contributed by atoms with E-state index in [1.54, 1.807) is 0 Å². The largest absolute Gasteiger partial charge is 0.508 e. The SMILES string of the molecule is COc1cc(O)cc2oc(=O)c(-c3ccc(O)c(CC=C(C)C)c3O)cc12. The van der Waals surface area contributed by atoms with Crippen LogP contribution in [-0.4, -0.2) is 22.4 Å². The molecular weight excluding hydrogens is 348 g/mol. The molecule has 27 heavy (non-hydrogen) atoms. The van der Waals surface area contributed by atoms with E-state index in [-0.39, 0.29) is 34.0 Å². The standard InChI is InChI=1S/C21H20O6/c1-11(2)4-5-14-17(23)7-6-13(20(14)24)15-10-16-18(26-3)8-12(22)9-19(16)27-21(15)25/h4,6-10,22-24H,5H2,1-3H3. The van der Waals surface area contributed by atoms with Crippen LogP contribution < -0.4 is 10.4 Å². The lowest BCUT2D eigenvalue weighted by molar-refractivity contribution is 0.411. The van der Waals surface area contributed by atoms with Crippen LogP contribution in [0.15, 0.2) is 51.2 Å². The number of rotatable bonds is 4. The van der Waals surface area contributed by atoms with Crippen molar-refractivity contribution in [1.29, 1.82) is 0 Å². The number of phenols is 3. The van der Waals surface area contributed by atoms with Crippen LogP contribution in [0.4, 0.5) is 0 Å². The van der Waals surface area contributed by atoms with Crippen LogP contribution >= 0.6 is 0 Å². The minimum absolute atomic E-state index is 0.0542. The lowest BCUT2D eigenvalue weighted by Crippen LogP contribution is -2.04. The van der Waals surface area contributed by atoms with Crippen molar-refractivity contribution in [2.24, 2.45) is 0 Å². The van der Waals surface area contributed by atoms with E-state index < -0.39 is 5.63 Å². The molecule has 0 aliphatic heterocycles. The third-order valence-corrected chi connectivity index (χ3v) is 4.28. The van der Waals surface area contributed by atoms with Gasteiger partial charge >= 0.3 is 5.63 Å². The molecular formula is C21H20O6. The Kier molecular flexibility index (Phi) is 4.81. The second-order valence-electron chi connectivity index (χ2n) is 6.45. The number of allylic oxidation sites excluding steroid dienone is 2. The highest BCUT2D eigenvalue weighted by Gasteiger charge is 2.18. The van der Waals surface area contributed by atoms with E-state index in [1.165, 1.54) is 37.4 Å². The molecule has 2 aromatic carbocycles. The van der Waals surface area contributed by atoms with Gasteiger partial charge in [-0.1, -0.05) is 11.6 Å². The normalized spacial score (nSPS) is 10.8. The Bertz CT molecular complexity index is 1100. The maximum absolute atomic E-state index is 12.5. The Labute approximate surface area is 155 Å². The fourth-order valence-corrected chi connectivity index (χ4v) is 2.88. The molecule has 6 nitrogen and oxygen atoms in total. The molecule has 3 N–H and O–H groups in total. The number of aromatic hydroxyl groups is 3. The van der Waals surface area contributed by atoms with Crippen molar-refractivity contribution in [2.75, 3.05) is 7.11 Å². The molecule has 1 aromatic heterocycles. The molecule has 140 valence electrons. The van der Waals surface area contributed by atoms with Gasteiger partial charge in [-0.25, -0.2) is 4.79 Å². The molecule has 1 heterocycles. The maximum Gasteiger partial charge on any atom is 0.344 e. The van der Waals surface area contributed by atoms with Gasteiger partial charge in [-0.2, -0.15) is 0 Å². The zero-order valence-corrected chi connectivity index (χ0v) is 15.2. The first kappa shape index (κ1) is 18.4. The third-order valence-electron chi connectivity index (χ3n) is 4.28. The first-order valence-corrected chi connectivity index (χ1v) is 8.34. The number of methoxy groups -OCH3 is 1. The van der Waals surface area contributed by atoms with Gasteiger partial charge in [0, 0.05) is 23.3 Å². The summed E-state index contributed by atoms with van der Waals surface area (Å²) < 4.78 is 10.6. The zero-order chi connectivity index (χ0) is 19.7. The van der Waals surface area contributed by atoms with E-state index in [2.05, 4.69) is 0 Å². The summed E-state index contributed by atoms with van der Waals surface area (Å²) >= 11 is 0. The maximum atomic E-state index is 12.5. The number of phenolic OH excluding ortho intramolecular Hbond substituents is 3. The smallest absolute Gasteiger partial charge is 0.344 e. The van der Waals surface area contributed by atoms with Crippen LogP contribution in [0.3, 0.4) is 0 Å². The molecule has 6 heteroatoms. The van der Waals surface area contributed by atoms with Crippen molar-refractivity contribution in [3.8, 4) is 34.1 Å². The predicted molar refractivity (Wildman–Crippen MR) is 103 cm³/mol. The highest BCUT2D eigenvalue weighted by molar-refractivity contribution is 5.89. The van der Waals surface area contributed by atoms with Crippen molar-refractivity contribution >= 4 is 11.0 Å². The molecule has 0 aliphatic carbocycles. The van der Waals surface area contributed by atoms with Gasteiger partial charge in [0.05, 0.1) is 18.1 Å². The Balaban J connectivity index is 2.25. The van der Waals surface area contributed by atoms with Crippen LogP contribution in [0.5, 0.6) is 23.0 Å². The van der Waals surface area contributed by atoms with E-state index in [4.69, 9.17) is 9.15 Å². The van der Waals surface area contributed by atoms with Crippen LogP contribution in [0.25, 0.3) is 22.1 Å². The van der Waals surface area contributed by atoms with Crippen molar-refractivity contribution in [1.82, 2.24) is 0 Å². The second-order valence-corrected chi connectivity index (χ2v) is 6.45. The van der Waals surface area contributed by atoms with Crippen LogP contribution in [0, 0.1) is 0 Å². The number of ether oxygens (including phenoxy) is 1. The molecule has 0 atom stereocenters. The first-order chi connectivity index (χ1) is 12.8. The van der Waals surface area contributed by atoms with E-state index in [9.17, 15) is 20.1 Å². The van der Waals surface area contributed by atoms with Gasteiger partial charge in [0.2, 0.25) is 0 Å². The van der Waals surface area contributed by atoms with E-state index in [1.807, 2.05) is 19.9 Å². The van der Waals surface area contributed by atoms with E-state index >= 15 is 0 Å². The highest BCUT2D eigenvalue weighted by Crippen LogP contribution is 2.39. The van der Waals surface area contributed by atoms with Crippen LogP contribution in [0.1, 0.15) is 19.4 Å². The molecule has 0 fully saturated rings. The molecule has 0 radical (unpaired) electrons. The second kappa shape index (κ2) is 7.07. The van der Waals surface area contributed by atoms with Crippen molar-refractivity contribution < 1.29 is 24.5 Å². The summed E-state index contributed by atoms with van der Waals surface area (Å²) in [7, 11) is 1.44. The molecule has 3 aromatic rings. The molecule has 0 spiro atoms. The number of hydrogen-bond acceptors (Lipinski definition) is 6. The van der Waals surface area contributed by atoms with Gasteiger partial charge in [0.25, 0.3) is 0 Å². The molecule has 0 bridgehead atoms. The Hall–Kier alpha value is -3.41. The zero-order valence-electron chi connectivity index (χ0n) is 15.2. The van der Waals surface area contributed by atoms with Gasteiger partial charge in [-0.15, -0.1) is 0 Å². The van der Waals surface area contributed by atoms with Gasteiger partial charge in [-0.3, -0.25) is 0 Å². The summed E-state index contributed by atoms with van der Waals surface area (Å²) in [6.45, 7) is 3.83. The lowest BCUT2D eigenvalue weighted by atomic mass is 9.98. The molecule has 0 amide bonds. The summed E-state index contributed by atoms with van der Waals surface area (Å²) in [5.41, 5.74) is 1.23. The van der Waals surface area contributed by atoms with Gasteiger partial charge in [-0.05, 0) is 38.5 Å². The fourth-order valence-electron chi connectivity index (χ4n) is 2.88. The lowest BCUT2D eigenvalue weighted by Gasteiger charge is -2.12. The monoisotopic (exact) mass is 368 g/mol.